The summed E-state index contributed by atoms with van der Waals surface area (Å²) in [6.07, 6.45) is 3.19. The van der Waals surface area contributed by atoms with Crippen molar-refractivity contribution in [2.75, 3.05) is 5.75 Å². The van der Waals surface area contributed by atoms with Crippen LogP contribution in [0.1, 0.15) is 43.9 Å². The van der Waals surface area contributed by atoms with Crippen LogP contribution < -0.4 is 5.56 Å². The second-order valence-electron chi connectivity index (χ2n) is 7.01. The van der Waals surface area contributed by atoms with Crippen molar-refractivity contribution in [2.24, 2.45) is 0 Å². The summed E-state index contributed by atoms with van der Waals surface area (Å²) >= 11 is 5.93. The Morgan fingerprint density at radius 1 is 1.30 bits per heavy atom. The molecule has 2 N–H and O–H groups in total. The fraction of sp³-hybridized carbons (Fsp3) is 0.350. The number of nitrogens with one attached hydrogen (secondary N) is 1. The summed E-state index contributed by atoms with van der Waals surface area (Å²) in [7, 11) is -3.88. The Morgan fingerprint density at radius 3 is 2.63 bits per heavy atom. The van der Waals surface area contributed by atoms with Crippen LogP contribution in [0.4, 0.5) is 0 Å². The second kappa shape index (κ2) is 9.01. The van der Waals surface area contributed by atoms with Gasteiger partial charge in [-0.1, -0.05) is 24.9 Å². The number of hydrogen-bond acceptors (Lipinski definition) is 5. The predicted molar refractivity (Wildman–Crippen MR) is 114 cm³/mol. The summed E-state index contributed by atoms with van der Waals surface area (Å²) in [5, 5.41) is 9.39. The van der Waals surface area contributed by atoms with E-state index in [4.69, 9.17) is 16.7 Å². The molecule has 1 aromatic carbocycles. The summed E-state index contributed by atoms with van der Waals surface area (Å²) < 4.78 is 26.3. The van der Waals surface area contributed by atoms with Gasteiger partial charge >= 0.3 is 5.97 Å². The Balaban J connectivity index is 2.05. The number of benzene rings is 1. The maximum absolute atomic E-state index is 12.8. The van der Waals surface area contributed by atoms with Gasteiger partial charge in [0.2, 0.25) is 10.0 Å². The molecule has 0 unspecified atom stereocenters. The van der Waals surface area contributed by atoms with Gasteiger partial charge in [0.15, 0.2) is 0 Å². The number of allylic oxidation sites excluding steroid dienone is 1. The van der Waals surface area contributed by atoms with Crippen molar-refractivity contribution in [3.63, 3.8) is 0 Å². The second-order valence-corrected chi connectivity index (χ2v) is 9.49. The van der Waals surface area contributed by atoms with E-state index in [1.165, 1.54) is 6.20 Å². The van der Waals surface area contributed by atoms with Crippen molar-refractivity contribution in [3.8, 4) is 11.4 Å². The standard InChI is InChI=1S/C20H22ClN3O5S/c1-2-3-4-14-11-24(30(28,29)10-9-17(25)26)12-16-18(14)22-19(23-20(16)27)13-5-7-15(21)8-6-13/h5-8,11H,2-4,9-10,12H2,1H3,(H,25,26)(H,22,23,27). The van der Waals surface area contributed by atoms with Gasteiger partial charge in [0.1, 0.15) is 5.82 Å². The molecule has 0 saturated heterocycles. The van der Waals surface area contributed by atoms with Crippen molar-refractivity contribution in [2.45, 2.75) is 39.2 Å². The summed E-state index contributed by atoms with van der Waals surface area (Å²) in [4.78, 5) is 31.0. The van der Waals surface area contributed by atoms with Crippen LogP contribution in [0, 0.1) is 0 Å². The smallest absolute Gasteiger partial charge is 0.304 e. The van der Waals surface area contributed by atoms with Crippen LogP contribution >= 0.6 is 11.6 Å². The maximum Gasteiger partial charge on any atom is 0.304 e. The number of aromatic amines is 1. The highest BCUT2D eigenvalue weighted by Crippen LogP contribution is 2.30. The number of carbonyl (C=O) groups is 1. The number of carboxylic acid groups (broad SMARTS) is 1. The van der Waals surface area contributed by atoms with Crippen LogP contribution in [0.5, 0.6) is 0 Å². The van der Waals surface area contributed by atoms with Crippen LogP contribution in [0.2, 0.25) is 5.02 Å². The first-order valence-corrected chi connectivity index (χ1v) is 11.5. The van der Waals surface area contributed by atoms with E-state index < -0.39 is 33.7 Å². The lowest BCUT2D eigenvalue weighted by atomic mass is 10.00. The van der Waals surface area contributed by atoms with Gasteiger partial charge in [0.25, 0.3) is 5.56 Å². The highest BCUT2D eigenvalue weighted by Gasteiger charge is 2.29. The third-order valence-corrected chi connectivity index (χ3v) is 6.70. The van der Waals surface area contributed by atoms with Crippen LogP contribution in [-0.2, 0) is 21.4 Å². The molecule has 0 amide bonds. The Kier molecular flexibility index (Phi) is 6.62. The van der Waals surface area contributed by atoms with Gasteiger partial charge in [-0.25, -0.2) is 13.4 Å². The van der Waals surface area contributed by atoms with E-state index in [0.717, 1.165) is 17.1 Å². The Morgan fingerprint density at radius 2 is 2.00 bits per heavy atom. The molecule has 0 atom stereocenters. The quantitative estimate of drug-likeness (QED) is 0.635. The number of rotatable bonds is 8. The van der Waals surface area contributed by atoms with Crippen molar-refractivity contribution < 1.29 is 18.3 Å². The van der Waals surface area contributed by atoms with Crippen molar-refractivity contribution in [1.29, 1.82) is 0 Å². The Bertz CT molecular complexity index is 1140. The van der Waals surface area contributed by atoms with Crippen LogP contribution in [0.15, 0.2) is 35.3 Å². The molecule has 160 valence electrons. The molecule has 2 aromatic rings. The van der Waals surface area contributed by atoms with Crippen LogP contribution in [0.25, 0.3) is 17.0 Å². The van der Waals surface area contributed by atoms with E-state index in [2.05, 4.69) is 9.97 Å². The van der Waals surface area contributed by atoms with Gasteiger partial charge in [-0.2, -0.15) is 0 Å². The first-order chi connectivity index (χ1) is 14.2. The summed E-state index contributed by atoms with van der Waals surface area (Å²) in [6, 6.07) is 6.88. The molecular weight excluding hydrogens is 430 g/mol. The average Bonchev–Trinajstić information content (AvgIpc) is 2.71. The van der Waals surface area contributed by atoms with Gasteiger partial charge < -0.3 is 10.1 Å². The third kappa shape index (κ3) is 4.91. The number of fused-ring (bicyclic) bond motifs is 1. The molecule has 0 radical (unpaired) electrons. The molecule has 1 aliphatic rings. The monoisotopic (exact) mass is 451 g/mol. The number of aromatic nitrogens is 2. The molecule has 2 heterocycles. The van der Waals surface area contributed by atoms with Gasteiger partial charge in [0.05, 0.1) is 30.0 Å². The van der Waals surface area contributed by atoms with E-state index in [0.29, 0.717) is 34.1 Å². The fourth-order valence-electron chi connectivity index (χ4n) is 3.15. The molecule has 0 saturated carbocycles. The first kappa shape index (κ1) is 22.0. The number of hydrogen-bond donors (Lipinski definition) is 2. The molecule has 1 aliphatic heterocycles. The molecule has 30 heavy (non-hydrogen) atoms. The van der Waals surface area contributed by atoms with E-state index in [1.54, 1.807) is 24.3 Å². The summed E-state index contributed by atoms with van der Waals surface area (Å²) in [5.41, 5.74) is 1.62. The lowest BCUT2D eigenvalue weighted by Gasteiger charge is -2.27. The highest BCUT2D eigenvalue weighted by atomic mass is 35.5. The first-order valence-electron chi connectivity index (χ1n) is 9.52. The van der Waals surface area contributed by atoms with E-state index in [-0.39, 0.29) is 12.1 Å². The third-order valence-electron chi connectivity index (χ3n) is 4.78. The SMILES string of the molecule is CCCCC1=CN(S(=O)(=O)CCC(=O)O)Cc2c1nc(-c1ccc(Cl)cc1)[nH]c2=O. The zero-order valence-electron chi connectivity index (χ0n) is 16.4. The Hall–Kier alpha value is -2.65. The molecule has 0 spiro atoms. The number of sulfonamides is 1. The van der Waals surface area contributed by atoms with Gasteiger partial charge in [-0.15, -0.1) is 0 Å². The lowest BCUT2D eigenvalue weighted by molar-refractivity contribution is -0.136. The predicted octanol–water partition coefficient (Wildman–Crippen LogP) is 3.24. The minimum absolute atomic E-state index is 0.184. The van der Waals surface area contributed by atoms with Crippen molar-refractivity contribution in [1.82, 2.24) is 14.3 Å². The minimum atomic E-state index is -3.88. The van der Waals surface area contributed by atoms with Gasteiger partial charge in [0, 0.05) is 16.8 Å². The highest BCUT2D eigenvalue weighted by molar-refractivity contribution is 7.89. The molecule has 0 aliphatic carbocycles. The molecular formula is C20H22ClN3O5S. The zero-order valence-corrected chi connectivity index (χ0v) is 18.0. The molecule has 1 aromatic heterocycles. The van der Waals surface area contributed by atoms with Crippen molar-refractivity contribution in [3.05, 3.63) is 57.1 Å². The van der Waals surface area contributed by atoms with E-state index >= 15 is 0 Å². The average molecular weight is 452 g/mol. The molecule has 10 heteroatoms. The minimum Gasteiger partial charge on any atom is -0.481 e. The van der Waals surface area contributed by atoms with Crippen LogP contribution in [-0.4, -0.2) is 39.5 Å². The van der Waals surface area contributed by atoms with Gasteiger partial charge in [-0.3, -0.25) is 13.9 Å². The number of nitrogens with zero attached hydrogens (tertiary/aromatic N) is 2. The maximum atomic E-state index is 12.8. The molecule has 0 fully saturated rings. The summed E-state index contributed by atoms with van der Waals surface area (Å²) in [5.74, 6) is -1.36. The summed E-state index contributed by atoms with van der Waals surface area (Å²) in [6.45, 7) is 1.83. The molecule has 8 nitrogen and oxygen atoms in total. The Labute approximate surface area is 179 Å². The van der Waals surface area contributed by atoms with Gasteiger partial charge in [-0.05, 0) is 42.7 Å². The molecule has 0 bridgehead atoms. The number of halogens is 1. The van der Waals surface area contributed by atoms with Crippen LogP contribution in [0.3, 0.4) is 0 Å². The number of aliphatic carboxylic acids is 1. The zero-order chi connectivity index (χ0) is 21.9. The normalized spacial score (nSPS) is 13.7. The van der Waals surface area contributed by atoms with Crippen molar-refractivity contribution >= 4 is 33.2 Å². The lowest BCUT2D eigenvalue weighted by Crippen LogP contribution is -2.35. The topological polar surface area (TPSA) is 120 Å². The number of carboxylic acids is 1. The van der Waals surface area contributed by atoms with E-state index in [9.17, 15) is 18.0 Å². The largest absolute Gasteiger partial charge is 0.481 e. The van der Waals surface area contributed by atoms with E-state index in [1.807, 2.05) is 6.92 Å². The number of H-pyrrole nitrogens is 1. The fourth-order valence-corrected chi connectivity index (χ4v) is 4.56. The molecule has 3 rings (SSSR count). The number of unbranched alkanes of at least 4 members (excludes halogenated alkanes) is 1.